The maximum atomic E-state index is 12.4. The fourth-order valence-electron chi connectivity index (χ4n) is 2.88. The highest BCUT2D eigenvalue weighted by Crippen LogP contribution is 2.34. The number of aromatic hydroxyl groups is 1. The average molecular weight is 358 g/mol. The summed E-state index contributed by atoms with van der Waals surface area (Å²) in [5, 5.41) is 9.72. The number of hydrogen-bond donors (Lipinski definition) is 1. The van der Waals surface area contributed by atoms with Crippen molar-refractivity contribution >= 4 is 40.3 Å². The number of phenolic OH excluding ortho intramolecular Hbond substituents is 1. The topological polar surface area (TPSA) is 45.5 Å². The summed E-state index contributed by atoms with van der Waals surface area (Å²) < 4.78 is 2.67. The van der Waals surface area contributed by atoms with Gasteiger partial charge in [-0.2, -0.15) is 0 Å². The van der Waals surface area contributed by atoms with Crippen molar-refractivity contribution in [2.45, 2.75) is 20.8 Å². The SMILES string of the molecule is CCN1C(=O)C(=Cc2cc(C)n(-c3cccc(O)c3)c2C)SC1=S. The number of carbonyl (C=O) groups excluding carboxylic acids is 1. The summed E-state index contributed by atoms with van der Waals surface area (Å²) in [6.07, 6.45) is 1.90. The Labute approximate surface area is 150 Å². The van der Waals surface area contributed by atoms with E-state index in [4.69, 9.17) is 12.2 Å². The van der Waals surface area contributed by atoms with Gasteiger partial charge in [-0.15, -0.1) is 0 Å². The Hall–Kier alpha value is -2.05. The van der Waals surface area contributed by atoms with Gasteiger partial charge >= 0.3 is 0 Å². The fourth-order valence-corrected chi connectivity index (χ4v) is 4.25. The third-order valence-corrected chi connectivity index (χ3v) is 5.41. The number of aromatic nitrogens is 1. The van der Waals surface area contributed by atoms with Gasteiger partial charge in [0.1, 0.15) is 10.1 Å². The molecule has 6 heteroatoms. The molecule has 0 atom stereocenters. The van der Waals surface area contributed by atoms with Gasteiger partial charge in [0, 0.05) is 29.7 Å². The van der Waals surface area contributed by atoms with E-state index < -0.39 is 0 Å². The van der Waals surface area contributed by atoms with E-state index in [0.717, 1.165) is 22.6 Å². The Morgan fingerprint density at radius 3 is 2.67 bits per heavy atom. The Bertz CT molecular complexity index is 868. The number of phenols is 1. The Morgan fingerprint density at radius 1 is 1.29 bits per heavy atom. The predicted molar refractivity (Wildman–Crippen MR) is 102 cm³/mol. The monoisotopic (exact) mass is 358 g/mol. The van der Waals surface area contributed by atoms with E-state index in [2.05, 4.69) is 4.57 Å². The molecule has 1 amide bonds. The van der Waals surface area contributed by atoms with Gasteiger partial charge in [0.25, 0.3) is 5.91 Å². The van der Waals surface area contributed by atoms with Crippen molar-refractivity contribution in [1.82, 2.24) is 9.47 Å². The lowest BCUT2D eigenvalue weighted by Crippen LogP contribution is -2.27. The predicted octanol–water partition coefficient (Wildman–Crippen LogP) is 4.02. The number of likely N-dealkylation sites (N-methyl/N-ethyl adjacent to an activating group) is 1. The molecule has 1 aromatic carbocycles. The molecule has 124 valence electrons. The molecule has 0 bridgehead atoms. The number of nitrogens with zero attached hydrogens (tertiary/aromatic N) is 2. The summed E-state index contributed by atoms with van der Waals surface area (Å²) in [6, 6.07) is 9.17. The second kappa shape index (κ2) is 6.45. The number of rotatable bonds is 3. The van der Waals surface area contributed by atoms with Gasteiger partial charge in [-0.1, -0.05) is 30.0 Å². The van der Waals surface area contributed by atoms with E-state index in [9.17, 15) is 9.90 Å². The molecule has 1 fully saturated rings. The zero-order valence-electron chi connectivity index (χ0n) is 13.7. The van der Waals surface area contributed by atoms with Crippen LogP contribution in [0.15, 0.2) is 35.2 Å². The standard InChI is InChI=1S/C18H18N2O2S2/c1-4-19-17(22)16(24-18(19)23)9-13-8-11(2)20(12(13)3)14-6-5-7-15(21)10-14/h5-10,21H,4H2,1-3H3. The second-order valence-electron chi connectivity index (χ2n) is 5.61. The van der Waals surface area contributed by atoms with Crippen molar-refractivity contribution in [1.29, 1.82) is 0 Å². The molecule has 1 N–H and O–H groups in total. The molecule has 1 aliphatic rings. The molecule has 2 heterocycles. The third-order valence-electron chi connectivity index (χ3n) is 4.03. The molecule has 0 aliphatic carbocycles. The zero-order valence-corrected chi connectivity index (χ0v) is 15.4. The quantitative estimate of drug-likeness (QED) is 0.665. The van der Waals surface area contributed by atoms with Crippen molar-refractivity contribution in [3.63, 3.8) is 0 Å². The molecule has 1 aromatic heterocycles. The Kier molecular flexibility index (Phi) is 4.51. The lowest BCUT2D eigenvalue weighted by atomic mass is 10.2. The van der Waals surface area contributed by atoms with Crippen LogP contribution >= 0.6 is 24.0 Å². The molecule has 1 aliphatic heterocycles. The van der Waals surface area contributed by atoms with Crippen molar-refractivity contribution in [2.75, 3.05) is 6.54 Å². The molecular weight excluding hydrogens is 340 g/mol. The summed E-state index contributed by atoms with van der Waals surface area (Å²) >= 11 is 6.60. The molecule has 0 unspecified atom stereocenters. The van der Waals surface area contributed by atoms with Crippen molar-refractivity contribution in [2.24, 2.45) is 0 Å². The number of thioether (sulfide) groups is 1. The van der Waals surface area contributed by atoms with Crippen LogP contribution in [0.1, 0.15) is 23.9 Å². The van der Waals surface area contributed by atoms with Crippen LogP contribution in [0, 0.1) is 13.8 Å². The maximum absolute atomic E-state index is 12.4. The van der Waals surface area contributed by atoms with E-state index in [0.29, 0.717) is 15.8 Å². The summed E-state index contributed by atoms with van der Waals surface area (Å²) in [5.74, 6) is 0.194. The average Bonchev–Trinajstić information content (AvgIpc) is 2.95. The molecule has 3 rings (SSSR count). The van der Waals surface area contributed by atoms with Gasteiger partial charge in [-0.3, -0.25) is 9.69 Å². The lowest BCUT2D eigenvalue weighted by Gasteiger charge is -2.10. The zero-order chi connectivity index (χ0) is 17.4. The first kappa shape index (κ1) is 16.8. The molecule has 0 spiro atoms. The Balaban J connectivity index is 2.03. The first-order valence-corrected chi connectivity index (χ1v) is 8.88. The van der Waals surface area contributed by atoms with Gasteiger partial charge in [0.05, 0.1) is 4.91 Å². The highest BCUT2D eigenvalue weighted by Gasteiger charge is 2.30. The maximum Gasteiger partial charge on any atom is 0.266 e. The highest BCUT2D eigenvalue weighted by atomic mass is 32.2. The minimum atomic E-state index is -0.0327. The summed E-state index contributed by atoms with van der Waals surface area (Å²) in [6.45, 7) is 6.51. The van der Waals surface area contributed by atoms with Crippen LogP contribution in [0.3, 0.4) is 0 Å². The smallest absolute Gasteiger partial charge is 0.266 e. The van der Waals surface area contributed by atoms with Crippen molar-refractivity contribution < 1.29 is 9.90 Å². The van der Waals surface area contributed by atoms with E-state index in [1.54, 1.807) is 17.0 Å². The van der Waals surface area contributed by atoms with Crippen LogP contribution in [0.2, 0.25) is 0 Å². The molecule has 2 aromatic rings. The first-order chi connectivity index (χ1) is 11.4. The minimum Gasteiger partial charge on any atom is -0.508 e. The van der Waals surface area contributed by atoms with Crippen LogP contribution in [0.4, 0.5) is 0 Å². The van der Waals surface area contributed by atoms with Crippen molar-refractivity contribution in [3.8, 4) is 11.4 Å². The molecule has 4 nitrogen and oxygen atoms in total. The summed E-state index contributed by atoms with van der Waals surface area (Å²) in [5.41, 5.74) is 3.92. The minimum absolute atomic E-state index is 0.0327. The van der Waals surface area contributed by atoms with Gasteiger partial charge in [0.15, 0.2) is 0 Å². The number of amides is 1. The molecule has 0 saturated carbocycles. The molecule has 24 heavy (non-hydrogen) atoms. The van der Waals surface area contributed by atoms with Crippen LogP contribution in [-0.2, 0) is 4.79 Å². The first-order valence-electron chi connectivity index (χ1n) is 7.66. The number of benzene rings is 1. The van der Waals surface area contributed by atoms with Crippen LogP contribution in [-0.4, -0.2) is 31.3 Å². The highest BCUT2D eigenvalue weighted by molar-refractivity contribution is 8.26. The number of carbonyl (C=O) groups is 1. The molecule has 1 saturated heterocycles. The number of thiocarbonyl (C=S) groups is 1. The molecule has 0 radical (unpaired) electrons. The van der Waals surface area contributed by atoms with E-state index in [1.807, 2.05) is 45.0 Å². The Morgan fingerprint density at radius 2 is 2.04 bits per heavy atom. The van der Waals surface area contributed by atoms with E-state index >= 15 is 0 Å². The second-order valence-corrected chi connectivity index (χ2v) is 7.28. The van der Waals surface area contributed by atoms with E-state index in [1.165, 1.54) is 11.8 Å². The number of hydrogen-bond acceptors (Lipinski definition) is 4. The van der Waals surface area contributed by atoms with Gasteiger partial charge < -0.3 is 9.67 Å². The van der Waals surface area contributed by atoms with Gasteiger partial charge in [0.2, 0.25) is 0 Å². The van der Waals surface area contributed by atoms with Gasteiger partial charge in [-0.25, -0.2) is 0 Å². The van der Waals surface area contributed by atoms with Crippen molar-refractivity contribution in [3.05, 3.63) is 52.2 Å². The molecular formula is C18H18N2O2S2. The van der Waals surface area contributed by atoms with Gasteiger partial charge in [-0.05, 0) is 50.6 Å². The normalized spacial score (nSPS) is 16.5. The number of aryl methyl sites for hydroxylation is 1. The van der Waals surface area contributed by atoms with Crippen LogP contribution in [0.5, 0.6) is 5.75 Å². The summed E-state index contributed by atoms with van der Waals surface area (Å²) in [7, 11) is 0. The summed E-state index contributed by atoms with van der Waals surface area (Å²) in [4.78, 5) is 14.6. The fraction of sp³-hybridized carbons (Fsp3) is 0.222. The van der Waals surface area contributed by atoms with Crippen LogP contribution < -0.4 is 0 Å². The largest absolute Gasteiger partial charge is 0.508 e. The lowest BCUT2D eigenvalue weighted by molar-refractivity contribution is -0.121. The third kappa shape index (κ3) is 2.87. The van der Waals surface area contributed by atoms with Crippen LogP contribution in [0.25, 0.3) is 11.8 Å². The van der Waals surface area contributed by atoms with E-state index in [-0.39, 0.29) is 11.7 Å².